The molecule has 0 saturated carbocycles. The summed E-state index contributed by atoms with van der Waals surface area (Å²) < 4.78 is 18.4. The van der Waals surface area contributed by atoms with Gasteiger partial charge in [0.2, 0.25) is 0 Å². The van der Waals surface area contributed by atoms with Crippen LogP contribution >= 0.6 is 0 Å². The molecule has 0 bridgehead atoms. The number of hydrogen-bond acceptors (Lipinski definition) is 4. The van der Waals surface area contributed by atoms with E-state index in [4.69, 9.17) is 4.74 Å². The fraction of sp³-hybridized carbons (Fsp3) is 0.231. The minimum absolute atomic E-state index is 0.0196. The van der Waals surface area contributed by atoms with Gasteiger partial charge >= 0.3 is 0 Å². The van der Waals surface area contributed by atoms with E-state index in [-0.39, 0.29) is 17.3 Å². The third kappa shape index (κ3) is 1.88. The molecule has 5 heteroatoms. The molecule has 0 aliphatic rings. The normalized spacial score (nSPS) is 10.6. The van der Waals surface area contributed by atoms with E-state index in [0.29, 0.717) is 17.9 Å². The highest BCUT2D eigenvalue weighted by atomic mass is 19.1. The van der Waals surface area contributed by atoms with Gasteiger partial charge in [0.25, 0.3) is 10.9 Å². The van der Waals surface area contributed by atoms with Gasteiger partial charge in [-0.15, -0.1) is 0 Å². The van der Waals surface area contributed by atoms with E-state index < -0.39 is 10.9 Å². The molecule has 2 rings (SSSR count). The van der Waals surface area contributed by atoms with Crippen LogP contribution in [0.1, 0.15) is 12.5 Å². The van der Waals surface area contributed by atoms with Crippen LogP contribution in [0, 0.1) is 12.7 Å². The van der Waals surface area contributed by atoms with Gasteiger partial charge in [-0.1, -0.05) is 6.07 Å². The lowest BCUT2D eigenvalue weighted by Gasteiger charge is -2.14. The number of ether oxygens (including phenoxy) is 1. The molecule has 0 unspecified atom stereocenters. The molecule has 0 atom stereocenters. The van der Waals surface area contributed by atoms with Gasteiger partial charge in [-0.05, 0) is 26.0 Å². The fourth-order valence-corrected chi connectivity index (χ4v) is 1.64. The van der Waals surface area contributed by atoms with Crippen molar-refractivity contribution in [3.8, 4) is 5.75 Å². The van der Waals surface area contributed by atoms with Crippen LogP contribution in [0.15, 0.2) is 27.8 Å². The van der Waals surface area contributed by atoms with Crippen LogP contribution in [0.3, 0.4) is 0 Å². The molecule has 94 valence electrons. The lowest BCUT2D eigenvalue weighted by molar-refractivity contribution is 0.335. The van der Waals surface area contributed by atoms with E-state index in [0.717, 1.165) is 0 Å². The van der Waals surface area contributed by atoms with Crippen molar-refractivity contribution in [1.82, 2.24) is 0 Å². The molecule has 2 aromatic rings. The van der Waals surface area contributed by atoms with Crippen molar-refractivity contribution in [2.24, 2.45) is 0 Å². The topological polar surface area (TPSA) is 55.4 Å². The average Bonchev–Trinajstić information content (AvgIpc) is 2.38. The van der Waals surface area contributed by atoms with E-state index in [1.807, 2.05) is 0 Å². The monoisotopic (exact) mass is 249 g/mol. The van der Waals surface area contributed by atoms with Gasteiger partial charge < -0.3 is 10.1 Å². The van der Waals surface area contributed by atoms with Gasteiger partial charge in [-0.25, -0.2) is 4.39 Å². The second-order valence-electron chi connectivity index (χ2n) is 3.83. The summed E-state index contributed by atoms with van der Waals surface area (Å²) in [7, 11) is 0. The fourth-order valence-electron chi connectivity index (χ4n) is 1.64. The summed E-state index contributed by atoms with van der Waals surface area (Å²) in [6.07, 6.45) is 0. The Morgan fingerprint density at radius 2 is 2.00 bits per heavy atom. The maximum absolute atomic E-state index is 13.3. The van der Waals surface area contributed by atoms with E-state index in [9.17, 15) is 14.0 Å². The van der Waals surface area contributed by atoms with Crippen molar-refractivity contribution in [3.05, 3.63) is 50.0 Å². The molecule has 0 aromatic heterocycles. The highest BCUT2D eigenvalue weighted by Gasteiger charge is 2.22. The van der Waals surface area contributed by atoms with Crippen LogP contribution in [0.2, 0.25) is 0 Å². The second-order valence-corrected chi connectivity index (χ2v) is 3.83. The number of nitrogens with one attached hydrogen (secondary N) is 1. The first-order chi connectivity index (χ1) is 8.56. The Kier molecular flexibility index (Phi) is 3.14. The van der Waals surface area contributed by atoms with Crippen molar-refractivity contribution in [2.45, 2.75) is 13.8 Å². The molecule has 4 nitrogen and oxygen atoms in total. The number of rotatable bonds is 4. The third-order valence-electron chi connectivity index (χ3n) is 2.68. The second kappa shape index (κ2) is 4.60. The van der Waals surface area contributed by atoms with Gasteiger partial charge in [-0.3, -0.25) is 9.59 Å². The Bertz CT molecular complexity index is 657. The Morgan fingerprint density at radius 1 is 1.28 bits per heavy atom. The van der Waals surface area contributed by atoms with Gasteiger partial charge in [0.15, 0.2) is 5.75 Å². The zero-order valence-electron chi connectivity index (χ0n) is 10.0. The van der Waals surface area contributed by atoms with Gasteiger partial charge in [0.05, 0.1) is 6.61 Å². The van der Waals surface area contributed by atoms with Gasteiger partial charge in [0, 0.05) is 11.3 Å². The summed E-state index contributed by atoms with van der Waals surface area (Å²) in [6, 6.07) is 4.48. The van der Waals surface area contributed by atoms with Gasteiger partial charge in [-0.2, -0.15) is 0 Å². The first kappa shape index (κ1) is 12.3. The van der Waals surface area contributed by atoms with Crippen molar-refractivity contribution < 1.29 is 9.13 Å². The summed E-state index contributed by atoms with van der Waals surface area (Å²) in [5.74, 6) is -0.358. The van der Waals surface area contributed by atoms with Gasteiger partial charge in [0.1, 0.15) is 11.5 Å². The molecule has 0 heterocycles. The van der Waals surface area contributed by atoms with Crippen LogP contribution in [-0.2, 0) is 0 Å². The summed E-state index contributed by atoms with van der Waals surface area (Å²) in [4.78, 5) is 22.7. The Labute approximate surface area is 103 Å². The molecule has 1 N–H and O–H groups in total. The molecule has 0 saturated heterocycles. The molecule has 18 heavy (non-hydrogen) atoms. The van der Waals surface area contributed by atoms with E-state index in [1.165, 1.54) is 12.1 Å². The Morgan fingerprint density at radius 3 is 2.67 bits per heavy atom. The first-order valence-electron chi connectivity index (χ1n) is 5.54. The highest BCUT2D eigenvalue weighted by molar-refractivity contribution is 5.71. The maximum Gasteiger partial charge on any atom is 0.272 e. The minimum atomic E-state index is -0.645. The lowest BCUT2D eigenvalue weighted by atomic mass is 10.1. The first-order valence-corrected chi connectivity index (χ1v) is 5.54. The Hall–Kier alpha value is -2.17. The minimum Gasteiger partial charge on any atom is -0.488 e. The summed E-state index contributed by atoms with van der Waals surface area (Å²) in [6.45, 7) is 3.60. The quantitative estimate of drug-likeness (QED) is 0.840. The van der Waals surface area contributed by atoms with Crippen LogP contribution in [0.5, 0.6) is 5.75 Å². The summed E-state index contributed by atoms with van der Waals surface area (Å²) >= 11 is 0. The van der Waals surface area contributed by atoms with E-state index in [1.54, 1.807) is 19.9 Å². The molecule has 0 aliphatic carbocycles. The van der Waals surface area contributed by atoms with Crippen molar-refractivity contribution >= 4 is 11.4 Å². The molecule has 0 amide bonds. The maximum atomic E-state index is 13.3. The third-order valence-corrected chi connectivity index (χ3v) is 2.68. The van der Waals surface area contributed by atoms with Crippen molar-refractivity contribution in [3.63, 3.8) is 0 Å². The number of hydrogen-bond donors (Lipinski definition) is 1. The zero-order chi connectivity index (χ0) is 13.3. The number of benzene rings is 1. The number of anilines is 2. The Balaban J connectivity index is 2.35. The molecule has 0 radical (unpaired) electrons. The standard InChI is InChI=1S/C13H12FNO3/c1-3-18-13-10(11(16)12(13)17)15-9-6-4-5-8(14)7(9)2/h4-6,15H,3H2,1-2H3. The molecule has 0 spiro atoms. The average molecular weight is 249 g/mol. The molecule has 0 aliphatic heterocycles. The molecule has 0 fully saturated rings. The van der Waals surface area contributed by atoms with E-state index >= 15 is 0 Å². The summed E-state index contributed by atoms with van der Waals surface area (Å²) in [5.41, 5.74) is -0.359. The SMILES string of the molecule is CCOc1c(Nc2cccc(F)c2C)c(=O)c1=O. The zero-order valence-corrected chi connectivity index (χ0v) is 10.0. The number of halogens is 1. The van der Waals surface area contributed by atoms with Crippen LogP contribution in [0.25, 0.3) is 0 Å². The highest BCUT2D eigenvalue weighted by Crippen LogP contribution is 2.25. The van der Waals surface area contributed by atoms with E-state index in [2.05, 4.69) is 5.32 Å². The van der Waals surface area contributed by atoms with Crippen molar-refractivity contribution in [2.75, 3.05) is 11.9 Å². The molecular weight excluding hydrogens is 237 g/mol. The predicted octanol–water partition coefficient (Wildman–Crippen LogP) is 1.87. The molecule has 2 aromatic carbocycles. The van der Waals surface area contributed by atoms with Crippen LogP contribution < -0.4 is 20.9 Å². The van der Waals surface area contributed by atoms with Crippen molar-refractivity contribution in [1.29, 1.82) is 0 Å². The lowest BCUT2D eigenvalue weighted by Crippen LogP contribution is -2.35. The molecular formula is C13H12FNO3. The smallest absolute Gasteiger partial charge is 0.272 e. The predicted molar refractivity (Wildman–Crippen MR) is 66.9 cm³/mol. The van der Waals surface area contributed by atoms with Crippen LogP contribution in [0.4, 0.5) is 15.8 Å². The largest absolute Gasteiger partial charge is 0.488 e. The van der Waals surface area contributed by atoms with Crippen LogP contribution in [-0.4, -0.2) is 6.61 Å². The summed E-state index contributed by atoms with van der Waals surface area (Å²) in [5, 5.41) is 2.75.